The Morgan fingerprint density at radius 3 is 2.81 bits per heavy atom. The Labute approximate surface area is 158 Å². The minimum atomic E-state index is -0.941. The molecule has 2 aromatic carbocycles. The number of carbonyl (C=O) groups is 1. The highest BCUT2D eigenvalue weighted by Gasteiger charge is 2.56. The van der Waals surface area contributed by atoms with Gasteiger partial charge in [-0.25, -0.2) is 0 Å². The summed E-state index contributed by atoms with van der Waals surface area (Å²) in [7, 11) is 3.26. The van der Waals surface area contributed by atoms with Crippen LogP contribution in [-0.4, -0.2) is 49.9 Å². The van der Waals surface area contributed by atoms with Crippen LogP contribution in [0.1, 0.15) is 17.0 Å². The zero-order chi connectivity index (χ0) is 19.0. The summed E-state index contributed by atoms with van der Waals surface area (Å²) >= 11 is 0. The van der Waals surface area contributed by atoms with Crippen LogP contribution in [0.2, 0.25) is 0 Å². The summed E-state index contributed by atoms with van der Waals surface area (Å²) in [6, 6.07) is 13.5. The summed E-state index contributed by atoms with van der Waals surface area (Å²) in [5.41, 5.74) is 1.05. The Hall–Kier alpha value is -2.73. The van der Waals surface area contributed by atoms with Crippen LogP contribution in [0, 0.1) is 5.41 Å². The first-order valence-corrected chi connectivity index (χ1v) is 8.96. The zero-order valence-corrected chi connectivity index (χ0v) is 15.5. The smallest absolute Gasteiger partial charge is 0.315 e. The van der Waals surface area contributed by atoms with Crippen molar-refractivity contribution in [2.24, 2.45) is 5.41 Å². The average Bonchev–Trinajstić information content (AvgIpc) is 3.08. The number of ether oxygens (including phenoxy) is 3. The van der Waals surface area contributed by atoms with Crippen molar-refractivity contribution in [3.05, 3.63) is 53.6 Å². The second-order valence-electron chi connectivity index (χ2n) is 7.19. The minimum absolute atomic E-state index is 0.126. The van der Waals surface area contributed by atoms with E-state index in [0.717, 1.165) is 22.6 Å². The summed E-state index contributed by atoms with van der Waals surface area (Å²) in [4.78, 5) is 14.4. The number of rotatable bonds is 5. The van der Waals surface area contributed by atoms with Crippen LogP contribution >= 0.6 is 0 Å². The van der Waals surface area contributed by atoms with Crippen LogP contribution in [-0.2, 0) is 11.3 Å². The molecule has 2 aromatic rings. The van der Waals surface area contributed by atoms with E-state index in [1.54, 1.807) is 14.2 Å². The number of benzene rings is 2. The lowest BCUT2D eigenvalue weighted by atomic mass is 9.73. The molecule has 2 heterocycles. The number of likely N-dealkylation sites (tertiary alicyclic amines) is 1. The molecule has 4 rings (SSSR count). The Balaban J connectivity index is 1.66. The predicted molar refractivity (Wildman–Crippen MR) is 99.6 cm³/mol. The molecule has 0 saturated carbocycles. The van der Waals surface area contributed by atoms with Gasteiger partial charge >= 0.3 is 5.97 Å². The lowest BCUT2D eigenvalue weighted by Gasteiger charge is -2.36. The number of para-hydroxylation sites is 1. The summed E-state index contributed by atoms with van der Waals surface area (Å²) in [6.07, 6.45) is 0. The quantitative estimate of drug-likeness (QED) is 0.874. The third-order valence-electron chi connectivity index (χ3n) is 5.71. The fraction of sp³-hybridized carbons (Fsp3) is 0.381. The molecule has 27 heavy (non-hydrogen) atoms. The number of nitrogens with zero attached hydrogens (tertiary/aromatic N) is 1. The molecule has 6 heteroatoms. The summed E-state index contributed by atoms with van der Waals surface area (Å²) < 4.78 is 16.6. The number of carboxylic acid groups (broad SMARTS) is 1. The van der Waals surface area contributed by atoms with E-state index in [0.29, 0.717) is 25.4 Å². The lowest BCUT2D eigenvalue weighted by molar-refractivity contribution is -0.151. The van der Waals surface area contributed by atoms with Crippen LogP contribution in [0.5, 0.6) is 17.2 Å². The van der Waals surface area contributed by atoms with Crippen LogP contribution in [0.15, 0.2) is 42.5 Å². The van der Waals surface area contributed by atoms with E-state index in [1.165, 1.54) is 0 Å². The van der Waals surface area contributed by atoms with Gasteiger partial charge in [0.1, 0.15) is 29.3 Å². The van der Waals surface area contributed by atoms with Gasteiger partial charge in [0.25, 0.3) is 0 Å². The third-order valence-corrected chi connectivity index (χ3v) is 5.71. The van der Waals surface area contributed by atoms with Crippen molar-refractivity contribution in [1.82, 2.24) is 4.90 Å². The maximum atomic E-state index is 12.3. The highest BCUT2D eigenvalue weighted by molar-refractivity contribution is 5.78. The fourth-order valence-electron chi connectivity index (χ4n) is 4.28. The van der Waals surface area contributed by atoms with E-state index >= 15 is 0 Å². The van der Waals surface area contributed by atoms with Crippen molar-refractivity contribution in [2.75, 3.05) is 33.9 Å². The molecular weight excluding hydrogens is 346 g/mol. The van der Waals surface area contributed by atoms with E-state index in [2.05, 4.69) is 4.90 Å². The van der Waals surface area contributed by atoms with Gasteiger partial charge in [-0.3, -0.25) is 9.69 Å². The average molecular weight is 369 g/mol. The molecule has 2 aliphatic heterocycles. The lowest BCUT2D eigenvalue weighted by Crippen LogP contribution is -2.45. The van der Waals surface area contributed by atoms with E-state index in [4.69, 9.17) is 14.2 Å². The molecular formula is C21H23NO5. The van der Waals surface area contributed by atoms with Crippen LogP contribution < -0.4 is 14.2 Å². The predicted octanol–water partition coefficient (Wildman–Crippen LogP) is 2.77. The van der Waals surface area contributed by atoms with Crippen molar-refractivity contribution in [3.8, 4) is 17.2 Å². The van der Waals surface area contributed by atoms with Crippen molar-refractivity contribution < 1.29 is 24.1 Å². The summed E-state index contributed by atoms with van der Waals surface area (Å²) in [6.45, 7) is 1.90. The Morgan fingerprint density at radius 1 is 1.26 bits per heavy atom. The highest BCUT2D eigenvalue weighted by atomic mass is 16.5. The van der Waals surface area contributed by atoms with Gasteiger partial charge in [0.05, 0.1) is 14.2 Å². The minimum Gasteiger partial charge on any atom is -0.497 e. The molecule has 0 amide bonds. The monoisotopic (exact) mass is 369 g/mol. The number of hydrogen-bond acceptors (Lipinski definition) is 5. The van der Waals surface area contributed by atoms with Gasteiger partial charge in [0.15, 0.2) is 0 Å². The van der Waals surface area contributed by atoms with Crippen molar-refractivity contribution in [1.29, 1.82) is 0 Å². The second-order valence-corrected chi connectivity index (χ2v) is 7.19. The van der Waals surface area contributed by atoms with E-state index in [-0.39, 0.29) is 12.5 Å². The van der Waals surface area contributed by atoms with Gasteiger partial charge in [0.2, 0.25) is 0 Å². The number of methoxy groups -OCH3 is 2. The molecule has 142 valence electrons. The number of hydrogen-bond donors (Lipinski definition) is 1. The van der Waals surface area contributed by atoms with E-state index in [1.807, 2.05) is 42.5 Å². The molecule has 0 bridgehead atoms. The van der Waals surface area contributed by atoms with Gasteiger partial charge in [-0.05, 0) is 12.1 Å². The molecule has 1 N–H and O–H groups in total. The van der Waals surface area contributed by atoms with E-state index in [9.17, 15) is 9.90 Å². The molecule has 0 aliphatic carbocycles. The number of fused-ring (bicyclic) bond motifs is 3. The third kappa shape index (κ3) is 2.90. The maximum Gasteiger partial charge on any atom is 0.315 e. The Bertz CT molecular complexity index is 867. The Morgan fingerprint density at radius 2 is 2.07 bits per heavy atom. The van der Waals surface area contributed by atoms with Crippen LogP contribution in [0.25, 0.3) is 0 Å². The first-order valence-electron chi connectivity index (χ1n) is 8.96. The largest absolute Gasteiger partial charge is 0.497 e. The van der Waals surface area contributed by atoms with Gasteiger partial charge < -0.3 is 19.3 Å². The van der Waals surface area contributed by atoms with E-state index < -0.39 is 11.4 Å². The van der Waals surface area contributed by atoms with Gasteiger partial charge in [-0.1, -0.05) is 24.3 Å². The standard InChI is InChI=1S/C21H23NO5/c1-25-15-7-8-16-17-11-22(10-14-5-3-4-6-18(14)26-2)12-21(17,20(23)24)13-27-19(16)9-15/h3-9,17H,10-13H2,1-2H3,(H,23,24)/t17-,21-/m1/s1. The van der Waals surface area contributed by atoms with Crippen molar-refractivity contribution >= 4 is 5.97 Å². The van der Waals surface area contributed by atoms with Gasteiger partial charge in [0, 0.05) is 42.7 Å². The van der Waals surface area contributed by atoms with Crippen LogP contribution in [0.4, 0.5) is 0 Å². The number of aliphatic carboxylic acids is 1. The maximum absolute atomic E-state index is 12.3. The zero-order valence-electron chi connectivity index (χ0n) is 15.5. The van der Waals surface area contributed by atoms with Crippen molar-refractivity contribution in [3.63, 3.8) is 0 Å². The molecule has 0 spiro atoms. The molecule has 2 aliphatic rings. The topological polar surface area (TPSA) is 68.2 Å². The molecule has 1 fully saturated rings. The SMILES string of the molecule is COc1ccc2c(c1)OC[C@]1(C(=O)O)CN(Cc3ccccc3OC)C[C@H]21. The Kier molecular flexibility index (Phi) is 4.44. The molecule has 1 saturated heterocycles. The van der Waals surface area contributed by atoms with Crippen LogP contribution in [0.3, 0.4) is 0 Å². The molecule has 0 aromatic heterocycles. The van der Waals surface area contributed by atoms with Crippen molar-refractivity contribution in [2.45, 2.75) is 12.5 Å². The summed E-state index contributed by atoms with van der Waals surface area (Å²) in [5, 5.41) is 10.1. The summed E-state index contributed by atoms with van der Waals surface area (Å²) in [5.74, 6) is 1.31. The number of carboxylic acids is 1. The highest BCUT2D eigenvalue weighted by Crippen LogP contribution is 2.50. The first kappa shape index (κ1) is 17.7. The molecule has 2 atom stereocenters. The molecule has 6 nitrogen and oxygen atoms in total. The molecule has 0 unspecified atom stereocenters. The first-order chi connectivity index (χ1) is 13.1. The van der Waals surface area contributed by atoms with Gasteiger partial charge in [-0.2, -0.15) is 0 Å². The second kappa shape index (κ2) is 6.78. The van der Waals surface area contributed by atoms with Gasteiger partial charge in [-0.15, -0.1) is 0 Å². The molecule has 0 radical (unpaired) electrons. The fourth-order valence-corrected chi connectivity index (χ4v) is 4.28. The normalized spacial score (nSPS) is 23.9.